The Morgan fingerprint density at radius 2 is 0.904 bits per heavy atom. The summed E-state index contributed by atoms with van der Waals surface area (Å²) in [4.78, 5) is 0. The van der Waals surface area contributed by atoms with Gasteiger partial charge in [0.15, 0.2) is 0 Å². The first kappa shape index (κ1) is 30.3. The number of fused-ring (bicyclic) bond motifs is 6. The largest absolute Gasteiger partial charge is 0.0622 e. The van der Waals surface area contributed by atoms with Crippen LogP contribution in [0.1, 0.15) is 22.6 Å². The van der Waals surface area contributed by atoms with Crippen molar-refractivity contribution in [3.05, 3.63) is 217 Å². The van der Waals surface area contributed by atoms with Gasteiger partial charge in [-0.2, -0.15) is 0 Å². The van der Waals surface area contributed by atoms with Crippen molar-refractivity contribution < 1.29 is 0 Å². The van der Waals surface area contributed by atoms with Gasteiger partial charge < -0.3 is 0 Å². The molecule has 0 bridgehead atoms. The molecule has 0 radical (unpaired) electrons. The molecular formula is C52H36. The van der Waals surface area contributed by atoms with Gasteiger partial charge in [-0.25, -0.2) is 0 Å². The molecule has 0 amide bonds. The summed E-state index contributed by atoms with van der Waals surface area (Å²) in [6, 6.07) is 73.9. The third kappa shape index (κ3) is 5.32. The first-order chi connectivity index (χ1) is 25.8. The number of hydrogen-bond acceptors (Lipinski definition) is 0. The Bertz CT molecular complexity index is 2740. The van der Waals surface area contributed by atoms with Crippen LogP contribution in [-0.2, 0) is 6.42 Å². The highest BCUT2D eigenvalue weighted by Gasteiger charge is 2.26. The highest BCUT2D eigenvalue weighted by Crippen LogP contribution is 2.45. The summed E-state index contributed by atoms with van der Waals surface area (Å²) in [5.74, 6) is 0.324. The Morgan fingerprint density at radius 3 is 1.73 bits per heavy atom. The smallest absolute Gasteiger partial charge is 0.0136 e. The van der Waals surface area contributed by atoms with Crippen LogP contribution in [0.15, 0.2) is 200 Å². The second-order valence-electron chi connectivity index (χ2n) is 14.1. The first-order valence-corrected chi connectivity index (χ1v) is 18.3. The summed E-state index contributed by atoms with van der Waals surface area (Å²) in [6.45, 7) is 0. The SMILES string of the molecule is c1ccc(-c2ccc(C3Cc4ccc(-c5ccc6c(-c7cccc(-c8ccccc8)c7)cc7ccccc7c6c5)cc4-c4ccccc43)cc2)cc1. The number of benzene rings is 9. The summed E-state index contributed by atoms with van der Waals surface area (Å²) in [7, 11) is 0. The molecular weight excluding hydrogens is 625 g/mol. The zero-order chi connectivity index (χ0) is 34.4. The van der Waals surface area contributed by atoms with Crippen molar-refractivity contribution in [3.63, 3.8) is 0 Å². The minimum Gasteiger partial charge on any atom is -0.0622 e. The molecule has 1 atom stereocenters. The molecule has 244 valence electrons. The molecule has 9 aromatic carbocycles. The predicted octanol–water partition coefficient (Wildman–Crippen LogP) is 14.0. The molecule has 0 aromatic heterocycles. The Hall–Kier alpha value is -6.50. The van der Waals surface area contributed by atoms with E-state index in [-0.39, 0.29) is 0 Å². The first-order valence-electron chi connectivity index (χ1n) is 18.3. The molecule has 9 aromatic rings. The van der Waals surface area contributed by atoms with Crippen LogP contribution in [0, 0.1) is 0 Å². The van der Waals surface area contributed by atoms with Crippen molar-refractivity contribution in [2.45, 2.75) is 12.3 Å². The molecule has 0 saturated heterocycles. The standard InChI is InChI=1S/C52H36/c1-3-12-35(13-4-1)37-22-24-38(25-23-37)49-34-44-27-26-40(31-50(44)47-21-10-9-20-46(47)49)41-28-29-48-51(33-43-16-7-8-19-45(43)52(48)32-41)42-18-11-17-39(30-42)36-14-5-2-6-15-36/h1-33,49H,34H2. The summed E-state index contributed by atoms with van der Waals surface area (Å²) in [5, 5.41) is 5.10. The van der Waals surface area contributed by atoms with Crippen molar-refractivity contribution in [1.29, 1.82) is 0 Å². The van der Waals surface area contributed by atoms with Gasteiger partial charge in [-0.1, -0.05) is 176 Å². The average molecular weight is 661 g/mol. The maximum atomic E-state index is 2.43. The van der Waals surface area contributed by atoms with Crippen molar-refractivity contribution in [3.8, 4) is 55.6 Å². The van der Waals surface area contributed by atoms with E-state index in [1.54, 1.807) is 0 Å². The van der Waals surface area contributed by atoms with Crippen molar-refractivity contribution >= 4 is 21.5 Å². The minimum atomic E-state index is 0.324. The van der Waals surface area contributed by atoms with Crippen LogP contribution in [0.2, 0.25) is 0 Å². The van der Waals surface area contributed by atoms with E-state index in [0.29, 0.717) is 5.92 Å². The van der Waals surface area contributed by atoms with Crippen LogP contribution in [0.5, 0.6) is 0 Å². The lowest BCUT2D eigenvalue weighted by Gasteiger charge is -2.29. The van der Waals surface area contributed by atoms with Gasteiger partial charge in [0, 0.05) is 5.92 Å². The van der Waals surface area contributed by atoms with Crippen LogP contribution in [-0.4, -0.2) is 0 Å². The second kappa shape index (κ2) is 12.7. The van der Waals surface area contributed by atoms with Gasteiger partial charge in [0.25, 0.3) is 0 Å². The zero-order valence-electron chi connectivity index (χ0n) is 28.8. The molecule has 0 aliphatic heterocycles. The van der Waals surface area contributed by atoms with Gasteiger partial charge in [-0.3, -0.25) is 0 Å². The summed E-state index contributed by atoms with van der Waals surface area (Å²) in [5.41, 5.74) is 16.9. The quantitative estimate of drug-likeness (QED) is 0.161. The molecule has 0 heteroatoms. The highest BCUT2D eigenvalue weighted by molar-refractivity contribution is 6.15. The molecule has 0 heterocycles. The molecule has 0 fully saturated rings. The molecule has 10 rings (SSSR count). The third-order valence-corrected chi connectivity index (χ3v) is 11.1. The Kier molecular flexibility index (Phi) is 7.40. The fourth-order valence-electron chi connectivity index (χ4n) is 8.42. The van der Waals surface area contributed by atoms with E-state index < -0.39 is 0 Å². The number of hydrogen-bond donors (Lipinski definition) is 0. The van der Waals surface area contributed by atoms with Gasteiger partial charge in [0.05, 0.1) is 0 Å². The lowest BCUT2D eigenvalue weighted by molar-refractivity contribution is 0.794. The second-order valence-corrected chi connectivity index (χ2v) is 14.1. The fourth-order valence-corrected chi connectivity index (χ4v) is 8.42. The van der Waals surface area contributed by atoms with Crippen molar-refractivity contribution in [1.82, 2.24) is 0 Å². The van der Waals surface area contributed by atoms with Crippen LogP contribution >= 0.6 is 0 Å². The normalized spacial score (nSPS) is 13.5. The third-order valence-electron chi connectivity index (χ3n) is 11.1. The van der Waals surface area contributed by atoms with Crippen LogP contribution in [0.3, 0.4) is 0 Å². The monoisotopic (exact) mass is 660 g/mol. The van der Waals surface area contributed by atoms with E-state index in [0.717, 1.165) is 6.42 Å². The van der Waals surface area contributed by atoms with Crippen LogP contribution < -0.4 is 0 Å². The summed E-state index contributed by atoms with van der Waals surface area (Å²) in [6.07, 6.45) is 0.991. The van der Waals surface area contributed by atoms with Gasteiger partial charge in [0.1, 0.15) is 0 Å². The van der Waals surface area contributed by atoms with Gasteiger partial charge in [-0.15, -0.1) is 0 Å². The van der Waals surface area contributed by atoms with E-state index >= 15 is 0 Å². The minimum absolute atomic E-state index is 0.324. The molecule has 0 saturated carbocycles. The summed E-state index contributed by atoms with van der Waals surface area (Å²) < 4.78 is 0. The molecule has 0 nitrogen and oxygen atoms in total. The Labute approximate surface area is 305 Å². The lowest BCUT2D eigenvalue weighted by Crippen LogP contribution is -2.12. The molecule has 0 N–H and O–H groups in total. The molecule has 0 spiro atoms. The molecule has 1 aliphatic carbocycles. The maximum absolute atomic E-state index is 2.43. The van der Waals surface area contributed by atoms with E-state index in [9.17, 15) is 0 Å². The average Bonchev–Trinajstić information content (AvgIpc) is 3.23. The highest BCUT2D eigenvalue weighted by atomic mass is 14.3. The van der Waals surface area contributed by atoms with E-state index in [2.05, 4.69) is 200 Å². The fraction of sp³-hybridized carbons (Fsp3) is 0.0385. The topological polar surface area (TPSA) is 0 Å². The summed E-state index contributed by atoms with van der Waals surface area (Å²) >= 11 is 0. The zero-order valence-corrected chi connectivity index (χ0v) is 28.8. The van der Waals surface area contributed by atoms with Gasteiger partial charge >= 0.3 is 0 Å². The van der Waals surface area contributed by atoms with Crippen molar-refractivity contribution in [2.24, 2.45) is 0 Å². The Morgan fingerprint density at radius 1 is 0.308 bits per heavy atom. The number of rotatable bonds is 5. The van der Waals surface area contributed by atoms with E-state index in [1.807, 2.05) is 0 Å². The van der Waals surface area contributed by atoms with Crippen LogP contribution in [0.4, 0.5) is 0 Å². The lowest BCUT2D eigenvalue weighted by atomic mass is 9.75. The van der Waals surface area contributed by atoms with Crippen LogP contribution in [0.25, 0.3) is 77.2 Å². The van der Waals surface area contributed by atoms with Gasteiger partial charge in [-0.05, 0) is 125 Å². The van der Waals surface area contributed by atoms with Crippen molar-refractivity contribution in [2.75, 3.05) is 0 Å². The molecule has 52 heavy (non-hydrogen) atoms. The van der Waals surface area contributed by atoms with Gasteiger partial charge in [0.2, 0.25) is 0 Å². The maximum Gasteiger partial charge on any atom is 0.0136 e. The predicted molar refractivity (Wildman–Crippen MR) is 221 cm³/mol. The van der Waals surface area contributed by atoms with E-state index in [1.165, 1.54) is 93.9 Å². The van der Waals surface area contributed by atoms with E-state index in [4.69, 9.17) is 0 Å². The molecule has 1 unspecified atom stereocenters. The molecule has 1 aliphatic rings. The Balaban J connectivity index is 1.05.